The monoisotopic (exact) mass is 316 g/mol. The van der Waals surface area contributed by atoms with E-state index >= 15 is 0 Å². The van der Waals surface area contributed by atoms with Gasteiger partial charge in [0.1, 0.15) is 0 Å². The van der Waals surface area contributed by atoms with Gasteiger partial charge in [0, 0.05) is 32.6 Å². The van der Waals surface area contributed by atoms with Crippen molar-refractivity contribution in [2.45, 2.75) is 40.5 Å². The Kier molecular flexibility index (Phi) is 5.80. The van der Waals surface area contributed by atoms with E-state index in [0.29, 0.717) is 44.9 Å². The highest BCUT2D eigenvalue weighted by molar-refractivity contribution is 5.80. The Bertz CT molecular complexity index is 573. The first kappa shape index (κ1) is 17.5. The third-order valence-corrected chi connectivity index (χ3v) is 4.49. The molecule has 1 heterocycles. The first-order chi connectivity index (χ1) is 10.9. The molecule has 1 aliphatic rings. The maximum Gasteiger partial charge on any atom is 0.227 e. The van der Waals surface area contributed by atoms with Gasteiger partial charge in [-0.05, 0) is 36.5 Å². The zero-order valence-electron chi connectivity index (χ0n) is 14.8. The van der Waals surface area contributed by atoms with Crippen LogP contribution in [0.1, 0.15) is 37.0 Å². The molecular weight excluding hydrogens is 288 g/mol. The molecule has 126 valence electrons. The van der Waals surface area contributed by atoms with Crippen LogP contribution in [0.25, 0.3) is 0 Å². The molecule has 4 nitrogen and oxygen atoms in total. The van der Waals surface area contributed by atoms with E-state index in [9.17, 15) is 9.59 Å². The Balaban J connectivity index is 1.86. The minimum absolute atomic E-state index is 0.157. The normalized spacial score (nSPS) is 15.2. The van der Waals surface area contributed by atoms with Crippen molar-refractivity contribution in [2.75, 3.05) is 26.2 Å². The van der Waals surface area contributed by atoms with E-state index in [2.05, 4.69) is 39.8 Å². The van der Waals surface area contributed by atoms with E-state index in [4.69, 9.17) is 0 Å². The lowest BCUT2D eigenvalue weighted by molar-refractivity contribution is -0.139. The third kappa shape index (κ3) is 4.81. The summed E-state index contributed by atoms with van der Waals surface area (Å²) in [5.74, 6) is 0.748. The number of amides is 2. The number of hydrogen-bond donors (Lipinski definition) is 0. The number of piperazine rings is 1. The number of benzene rings is 1. The second kappa shape index (κ2) is 7.62. The van der Waals surface area contributed by atoms with Crippen LogP contribution < -0.4 is 0 Å². The molecule has 0 aromatic heterocycles. The smallest absolute Gasteiger partial charge is 0.227 e. The lowest BCUT2D eigenvalue weighted by Crippen LogP contribution is -2.51. The van der Waals surface area contributed by atoms with Gasteiger partial charge in [-0.25, -0.2) is 0 Å². The Morgan fingerprint density at radius 2 is 1.52 bits per heavy atom. The molecule has 1 aliphatic heterocycles. The molecule has 0 N–H and O–H groups in total. The molecule has 0 bridgehead atoms. The minimum Gasteiger partial charge on any atom is -0.339 e. The fourth-order valence-corrected chi connectivity index (χ4v) is 2.88. The van der Waals surface area contributed by atoms with Crippen LogP contribution in [-0.2, 0) is 16.0 Å². The highest BCUT2D eigenvalue weighted by Gasteiger charge is 2.24. The second-order valence-corrected chi connectivity index (χ2v) is 6.95. The lowest BCUT2D eigenvalue weighted by atomic mass is 10.0. The van der Waals surface area contributed by atoms with Crippen LogP contribution in [0.2, 0.25) is 0 Å². The van der Waals surface area contributed by atoms with Gasteiger partial charge in [0.2, 0.25) is 11.8 Å². The van der Waals surface area contributed by atoms with Crippen LogP contribution in [0.4, 0.5) is 0 Å². The molecule has 2 rings (SSSR count). The summed E-state index contributed by atoms with van der Waals surface area (Å²) in [6.45, 7) is 10.9. The number of rotatable bonds is 4. The standard InChI is InChI=1S/C19H28N2O2/c1-14(2)11-18(22)20-7-9-21(10-8-20)19(23)13-17-6-5-15(3)16(4)12-17/h5-6,12,14H,7-11,13H2,1-4H3. The molecule has 23 heavy (non-hydrogen) atoms. The predicted molar refractivity (Wildman–Crippen MR) is 92.2 cm³/mol. The largest absolute Gasteiger partial charge is 0.339 e. The van der Waals surface area contributed by atoms with E-state index in [1.165, 1.54) is 11.1 Å². The zero-order valence-corrected chi connectivity index (χ0v) is 14.8. The van der Waals surface area contributed by atoms with Gasteiger partial charge >= 0.3 is 0 Å². The molecule has 1 saturated heterocycles. The summed E-state index contributed by atoms with van der Waals surface area (Å²) in [7, 11) is 0. The summed E-state index contributed by atoms with van der Waals surface area (Å²) in [5.41, 5.74) is 3.54. The minimum atomic E-state index is 0.157. The molecule has 1 aromatic carbocycles. The Morgan fingerprint density at radius 3 is 2.04 bits per heavy atom. The van der Waals surface area contributed by atoms with Gasteiger partial charge in [-0.1, -0.05) is 32.0 Å². The van der Waals surface area contributed by atoms with Crippen molar-refractivity contribution in [2.24, 2.45) is 5.92 Å². The predicted octanol–water partition coefficient (Wildman–Crippen LogP) is 2.56. The van der Waals surface area contributed by atoms with Crippen molar-refractivity contribution in [3.8, 4) is 0 Å². The fraction of sp³-hybridized carbons (Fsp3) is 0.579. The molecule has 2 amide bonds. The van der Waals surface area contributed by atoms with Crippen LogP contribution in [0, 0.1) is 19.8 Å². The first-order valence-electron chi connectivity index (χ1n) is 8.48. The van der Waals surface area contributed by atoms with Crippen LogP contribution in [0.5, 0.6) is 0 Å². The van der Waals surface area contributed by atoms with Crippen LogP contribution in [0.15, 0.2) is 18.2 Å². The SMILES string of the molecule is Cc1ccc(CC(=O)N2CCN(C(=O)CC(C)C)CC2)cc1C. The van der Waals surface area contributed by atoms with E-state index in [1.807, 2.05) is 15.9 Å². The summed E-state index contributed by atoms with van der Waals surface area (Å²) in [6, 6.07) is 6.19. The van der Waals surface area contributed by atoms with Crippen molar-refractivity contribution < 1.29 is 9.59 Å². The van der Waals surface area contributed by atoms with E-state index in [-0.39, 0.29) is 11.8 Å². The number of carbonyl (C=O) groups is 2. The molecule has 4 heteroatoms. The fourth-order valence-electron chi connectivity index (χ4n) is 2.88. The van der Waals surface area contributed by atoms with Crippen LogP contribution >= 0.6 is 0 Å². The van der Waals surface area contributed by atoms with Gasteiger partial charge in [-0.15, -0.1) is 0 Å². The molecule has 1 fully saturated rings. The molecule has 0 radical (unpaired) electrons. The molecular formula is C19H28N2O2. The number of aryl methyl sites for hydroxylation is 2. The number of carbonyl (C=O) groups excluding carboxylic acids is 2. The molecule has 0 spiro atoms. The van der Waals surface area contributed by atoms with Crippen molar-refractivity contribution in [3.63, 3.8) is 0 Å². The van der Waals surface area contributed by atoms with Gasteiger partial charge in [0.15, 0.2) is 0 Å². The quantitative estimate of drug-likeness (QED) is 0.856. The summed E-state index contributed by atoms with van der Waals surface area (Å²) in [4.78, 5) is 28.3. The van der Waals surface area contributed by atoms with E-state index in [0.717, 1.165) is 5.56 Å². The first-order valence-corrected chi connectivity index (χ1v) is 8.48. The summed E-state index contributed by atoms with van der Waals surface area (Å²) in [5, 5.41) is 0. The topological polar surface area (TPSA) is 40.6 Å². The number of hydrogen-bond acceptors (Lipinski definition) is 2. The van der Waals surface area contributed by atoms with Crippen molar-refractivity contribution in [1.29, 1.82) is 0 Å². The van der Waals surface area contributed by atoms with Crippen molar-refractivity contribution in [1.82, 2.24) is 9.80 Å². The average Bonchev–Trinajstić information content (AvgIpc) is 2.50. The highest BCUT2D eigenvalue weighted by atomic mass is 16.2. The Hall–Kier alpha value is -1.84. The van der Waals surface area contributed by atoms with Gasteiger partial charge in [0.25, 0.3) is 0 Å². The number of nitrogens with zero attached hydrogens (tertiary/aromatic N) is 2. The highest BCUT2D eigenvalue weighted by Crippen LogP contribution is 2.13. The van der Waals surface area contributed by atoms with Gasteiger partial charge in [0.05, 0.1) is 6.42 Å². The zero-order chi connectivity index (χ0) is 17.0. The summed E-state index contributed by atoms with van der Waals surface area (Å²) in [6.07, 6.45) is 1.04. The van der Waals surface area contributed by atoms with Gasteiger partial charge in [-0.2, -0.15) is 0 Å². The van der Waals surface area contributed by atoms with Crippen molar-refractivity contribution in [3.05, 3.63) is 34.9 Å². The van der Waals surface area contributed by atoms with Gasteiger partial charge in [-0.3, -0.25) is 9.59 Å². The maximum atomic E-state index is 12.4. The Labute approximate surface area is 139 Å². The van der Waals surface area contributed by atoms with E-state index < -0.39 is 0 Å². The average molecular weight is 316 g/mol. The second-order valence-electron chi connectivity index (χ2n) is 6.95. The van der Waals surface area contributed by atoms with Crippen LogP contribution in [-0.4, -0.2) is 47.8 Å². The maximum absolute atomic E-state index is 12.4. The molecule has 0 atom stereocenters. The summed E-state index contributed by atoms with van der Waals surface area (Å²) >= 11 is 0. The third-order valence-electron chi connectivity index (χ3n) is 4.49. The lowest BCUT2D eigenvalue weighted by Gasteiger charge is -2.35. The van der Waals surface area contributed by atoms with Gasteiger partial charge < -0.3 is 9.80 Å². The summed E-state index contributed by atoms with van der Waals surface area (Å²) < 4.78 is 0. The van der Waals surface area contributed by atoms with E-state index in [1.54, 1.807) is 0 Å². The van der Waals surface area contributed by atoms with Crippen molar-refractivity contribution >= 4 is 11.8 Å². The molecule has 0 unspecified atom stereocenters. The molecule has 0 saturated carbocycles. The molecule has 1 aromatic rings. The van der Waals surface area contributed by atoms with Crippen LogP contribution in [0.3, 0.4) is 0 Å². The molecule has 0 aliphatic carbocycles. The Morgan fingerprint density at radius 1 is 0.957 bits per heavy atom.